The molecule has 3 aromatic rings. The molecule has 1 atom stereocenters. The molecule has 1 aromatic carbocycles. The largest absolute Gasteiger partial charge is 0.241 e. The highest BCUT2D eigenvalue weighted by atomic mass is 32.1. The van der Waals surface area contributed by atoms with Crippen LogP contribution >= 0.6 is 11.3 Å². The van der Waals surface area contributed by atoms with Crippen LogP contribution in [0.5, 0.6) is 0 Å². The lowest BCUT2D eigenvalue weighted by molar-refractivity contribution is 0.577. The Balaban J connectivity index is 1.88. The van der Waals surface area contributed by atoms with Crippen molar-refractivity contribution < 1.29 is 0 Å². The van der Waals surface area contributed by atoms with E-state index in [9.17, 15) is 0 Å². The fraction of sp³-hybridized carbons (Fsp3) is 0.435. The number of aryl methyl sites for hydroxylation is 3. The molecule has 25 heavy (non-hydrogen) atoms. The van der Waals surface area contributed by atoms with Crippen molar-refractivity contribution in [2.45, 2.75) is 64.7 Å². The second-order valence-electron chi connectivity index (χ2n) is 7.90. The van der Waals surface area contributed by atoms with Gasteiger partial charge in [-0.05, 0) is 80.0 Å². The number of hydrogen-bond acceptors (Lipinski definition) is 2. The van der Waals surface area contributed by atoms with Gasteiger partial charge in [0.2, 0.25) is 0 Å². The van der Waals surface area contributed by atoms with Crippen molar-refractivity contribution in [3.05, 3.63) is 51.5 Å². The van der Waals surface area contributed by atoms with E-state index in [0.29, 0.717) is 5.92 Å². The fourth-order valence-corrected chi connectivity index (χ4v) is 6.04. The van der Waals surface area contributed by atoms with E-state index in [1.54, 1.807) is 16.0 Å². The first kappa shape index (κ1) is 15.6. The van der Waals surface area contributed by atoms with Crippen molar-refractivity contribution >= 4 is 21.6 Å². The van der Waals surface area contributed by atoms with Crippen LogP contribution in [-0.2, 0) is 19.3 Å². The summed E-state index contributed by atoms with van der Waals surface area (Å²) in [6.07, 6.45) is 8.94. The predicted molar refractivity (Wildman–Crippen MR) is 108 cm³/mol. The summed E-state index contributed by atoms with van der Waals surface area (Å²) in [5, 5.41) is 1.50. The molecule has 0 aliphatic heterocycles. The van der Waals surface area contributed by atoms with E-state index in [-0.39, 0.29) is 0 Å². The SMILES string of the molecule is Cc1ccc(-c2c3c(nc4sc5c(c24)CCCC5)[C@H](C)CCC3)cc1. The van der Waals surface area contributed by atoms with Gasteiger partial charge in [-0.1, -0.05) is 36.8 Å². The molecular weight excluding hydrogens is 322 g/mol. The first-order chi connectivity index (χ1) is 12.2. The Labute approximate surface area is 154 Å². The molecule has 2 heteroatoms. The third-order valence-corrected chi connectivity index (χ3v) is 7.29. The van der Waals surface area contributed by atoms with Crippen molar-refractivity contribution in [2.24, 2.45) is 0 Å². The first-order valence-corrected chi connectivity index (χ1v) is 10.6. The Bertz CT molecular complexity index is 949. The molecule has 2 heterocycles. The molecule has 1 nitrogen and oxygen atoms in total. The predicted octanol–water partition coefficient (Wildman–Crippen LogP) is 6.59. The Kier molecular flexibility index (Phi) is 3.71. The molecule has 128 valence electrons. The Morgan fingerprint density at radius 2 is 1.72 bits per heavy atom. The summed E-state index contributed by atoms with van der Waals surface area (Å²) in [6, 6.07) is 9.19. The number of benzene rings is 1. The van der Waals surface area contributed by atoms with E-state index < -0.39 is 0 Å². The van der Waals surface area contributed by atoms with Crippen LogP contribution in [-0.4, -0.2) is 4.98 Å². The highest BCUT2D eigenvalue weighted by molar-refractivity contribution is 7.19. The van der Waals surface area contributed by atoms with E-state index >= 15 is 0 Å². The second-order valence-corrected chi connectivity index (χ2v) is 8.98. The molecule has 5 rings (SSSR count). The van der Waals surface area contributed by atoms with Crippen molar-refractivity contribution in [1.82, 2.24) is 4.98 Å². The van der Waals surface area contributed by atoms with E-state index in [0.717, 1.165) is 0 Å². The molecule has 0 saturated heterocycles. The molecule has 0 fully saturated rings. The van der Waals surface area contributed by atoms with Gasteiger partial charge in [0.1, 0.15) is 4.83 Å². The second kappa shape index (κ2) is 5.95. The third kappa shape index (κ3) is 2.45. The van der Waals surface area contributed by atoms with Gasteiger partial charge in [-0.15, -0.1) is 11.3 Å². The molecule has 0 radical (unpaired) electrons. The lowest BCUT2D eigenvalue weighted by Gasteiger charge is -2.25. The molecular formula is C23H25NS. The minimum Gasteiger partial charge on any atom is -0.241 e. The molecule has 2 aliphatic rings. The third-order valence-electron chi connectivity index (χ3n) is 6.11. The maximum Gasteiger partial charge on any atom is 0.124 e. The van der Waals surface area contributed by atoms with E-state index in [4.69, 9.17) is 4.98 Å². The summed E-state index contributed by atoms with van der Waals surface area (Å²) in [6.45, 7) is 4.54. The lowest BCUT2D eigenvalue weighted by Crippen LogP contribution is -2.11. The highest BCUT2D eigenvalue weighted by Gasteiger charge is 2.27. The average Bonchev–Trinajstić information content (AvgIpc) is 3.00. The number of pyridine rings is 1. The van der Waals surface area contributed by atoms with Crippen LogP contribution in [0.25, 0.3) is 21.3 Å². The number of thiophene rings is 1. The number of hydrogen-bond donors (Lipinski definition) is 0. The van der Waals surface area contributed by atoms with Gasteiger partial charge in [-0.25, -0.2) is 4.98 Å². The monoisotopic (exact) mass is 347 g/mol. The number of rotatable bonds is 1. The van der Waals surface area contributed by atoms with E-state index in [1.165, 1.54) is 77.5 Å². The summed E-state index contributed by atoms with van der Waals surface area (Å²) in [4.78, 5) is 8.13. The number of aromatic nitrogens is 1. The van der Waals surface area contributed by atoms with Gasteiger partial charge in [0.25, 0.3) is 0 Å². The van der Waals surface area contributed by atoms with Crippen LogP contribution in [0.4, 0.5) is 0 Å². The summed E-state index contributed by atoms with van der Waals surface area (Å²) in [5.74, 6) is 0.594. The fourth-order valence-electron chi connectivity index (χ4n) is 4.77. The number of nitrogens with zero attached hydrogens (tertiary/aromatic N) is 1. The normalized spacial score (nSPS) is 19.7. The maximum atomic E-state index is 5.22. The van der Waals surface area contributed by atoms with Gasteiger partial charge in [0, 0.05) is 16.0 Å². The maximum absolute atomic E-state index is 5.22. The van der Waals surface area contributed by atoms with Crippen LogP contribution in [0.2, 0.25) is 0 Å². The first-order valence-electron chi connectivity index (χ1n) is 9.76. The van der Waals surface area contributed by atoms with Crippen molar-refractivity contribution in [1.29, 1.82) is 0 Å². The zero-order valence-electron chi connectivity index (χ0n) is 15.2. The Morgan fingerprint density at radius 1 is 0.960 bits per heavy atom. The zero-order chi connectivity index (χ0) is 17.0. The van der Waals surface area contributed by atoms with Crippen molar-refractivity contribution in [2.75, 3.05) is 0 Å². The van der Waals surface area contributed by atoms with Gasteiger partial charge in [-0.3, -0.25) is 0 Å². The molecule has 2 aliphatic carbocycles. The summed E-state index contributed by atoms with van der Waals surface area (Å²) in [7, 11) is 0. The van der Waals surface area contributed by atoms with Crippen LogP contribution in [0.3, 0.4) is 0 Å². The summed E-state index contributed by atoms with van der Waals surface area (Å²) in [5.41, 5.74) is 8.80. The van der Waals surface area contributed by atoms with Crippen molar-refractivity contribution in [3.63, 3.8) is 0 Å². The minimum atomic E-state index is 0.594. The van der Waals surface area contributed by atoms with Gasteiger partial charge in [0.05, 0.1) is 0 Å². The molecule has 0 saturated carbocycles. The molecule has 0 N–H and O–H groups in total. The Morgan fingerprint density at radius 3 is 2.56 bits per heavy atom. The van der Waals surface area contributed by atoms with Crippen LogP contribution in [0.15, 0.2) is 24.3 Å². The summed E-state index contributed by atoms with van der Waals surface area (Å²) >= 11 is 1.98. The zero-order valence-corrected chi connectivity index (χ0v) is 16.0. The van der Waals surface area contributed by atoms with Crippen LogP contribution < -0.4 is 0 Å². The van der Waals surface area contributed by atoms with Crippen molar-refractivity contribution in [3.8, 4) is 11.1 Å². The van der Waals surface area contributed by atoms with Gasteiger partial charge >= 0.3 is 0 Å². The average molecular weight is 348 g/mol. The van der Waals surface area contributed by atoms with E-state index in [2.05, 4.69) is 38.1 Å². The topological polar surface area (TPSA) is 12.9 Å². The minimum absolute atomic E-state index is 0.594. The van der Waals surface area contributed by atoms with Crippen LogP contribution in [0, 0.1) is 6.92 Å². The molecule has 0 spiro atoms. The molecule has 0 bridgehead atoms. The van der Waals surface area contributed by atoms with Gasteiger partial charge in [0.15, 0.2) is 0 Å². The molecule has 0 unspecified atom stereocenters. The number of fused-ring (bicyclic) bond motifs is 4. The van der Waals surface area contributed by atoms with Crippen LogP contribution in [0.1, 0.15) is 65.8 Å². The molecule has 2 aromatic heterocycles. The van der Waals surface area contributed by atoms with Gasteiger partial charge in [-0.2, -0.15) is 0 Å². The summed E-state index contributed by atoms with van der Waals surface area (Å²) < 4.78 is 0. The smallest absolute Gasteiger partial charge is 0.124 e. The molecule has 0 amide bonds. The Hall–Kier alpha value is -1.67. The highest BCUT2D eigenvalue weighted by Crippen LogP contribution is 2.46. The standard InChI is InChI=1S/C23H25NS/c1-14-10-12-16(13-11-14)20-18-8-5-6-15(2)22(18)24-23-21(20)17-7-3-4-9-19(17)25-23/h10-13,15H,3-9H2,1-2H3/t15-/m1/s1. The van der Waals surface area contributed by atoms with Gasteiger partial charge < -0.3 is 0 Å². The van der Waals surface area contributed by atoms with E-state index in [1.807, 2.05) is 11.3 Å². The lowest BCUT2D eigenvalue weighted by atomic mass is 9.81. The quantitative estimate of drug-likeness (QED) is 0.484.